The number of hydrogen-bond donors (Lipinski definition) is 0. The van der Waals surface area contributed by atoms with Crippen molar-refractivity contribution >= 4 is 33.3 Å². The molecule has 0 aliphatic carbocycles. The van der Waals surface area contributed by atoms with Crippen molar-refractivity contribution in [3.8, 4) is 5.75 Å². The molecule has 140 valence electrons. The SMILES string of the molecule is COc1ccc(C(C)=O)cc1COC(=O)COCc1nc2ccccc2s1. The third-order valence-corrected chi connectivity index (χ3v) is 4.87. The second-order valence-electron chi connectivity index (χ2n) is 5.81. The molecule has 0 amide bonds. The lowest BCUT2D eigenvalue weighted by atomic mass is 10.1. The molecule has 0 saturated carbocycles. The zero-order valence-electron chi connectivity index (χ0n) is 15.1. The van der Waals surface area contributed by atoms with Gasteiger partial charge in [0.15, 0.2) is 5.78 Å². The lowest BCUT2D eigenvalue weighted by molar-refractivity contribution is -0.150. The maximum atomic E-state index is 11.9. The van der Waals surface area contributed by atoms with E-state index >= 15 is 0 Å². The van der Waals surface area contributed by atoms with E-state index in [1.165, 1.54) is 25.4 Å². The summed E-state index contributed by atoms with van der Waals surface area (Å²) >= 11 is 1.53. The number of thiazole rings is 1. The number of Topliss-reactive ketones (excluding diaryl/α,β-unsaturated/α-hetero) is 1. The summed E-state index contributed by atoms with van der Waals surface area (Å²) in [5, 5.41) is 0.805. The van der Waals surface area contributed by atoms with E-state index in [0.717, 1.165) is 15.2 Å². The lowest BCUT2D eigenvalue weighted by Crippen LogP contribution is -2.13. The Morgan fingerprint density at radius 1 is 1.11 bits per heavy atom. The van der Waals surface area contributed by atoms with Crippen LogP contribution in [0.1, 0.15) is 27.9 Å². The summed E-state index contributed by atoms with van der Waals surface area (Å²) in [6.45, 7) is 1.56. The summed E-state index contributed by atoms with van der Waals surface area (Å²) in [6.07, 6.45) is 0. The minimum Gasteiger partial charge on any atom is -0.496 e. The van der Waals surface area contributed by atoms with Gasteiger partial charge in [0.1, 0.15) is 24.0 Å². The van der Waals surface area contributed by atoms with Crippen molar-refractivity contribution < 1.29 is 23.8 Å². The number of rotatable bonds is 8. The molecule has 0 aliphatic heterocycles. The van der Waals surface area contributed by atoms with Gasteiger partial charge in [0, 0.05) is 11.1 Å². The molecule has 1 heterocycles. The highest BCUT2D eigenvalue weighted by molar-refractivity contribution is 7.18. The van der Waals surface area contributed by atoms with Gasteiger partial charge in [-0.2, -0.15) is 0 Å². The Labute approximate surface area is 160 Å². The van der Waals surface area contributed by atoms with Gasteiger partial charge in [-0.25, -0.2) is 9.78 Å². The van der Waals surface area contributed by atoms with Crippen molar-refractivity contribution in [2.45, 2.75) is 20.1 Å². The van der Waals surface area contributed by atoms with E-state index in [4.69, 9.17) is 14.2 Å². The van der Waals surface area contributed by atoms with Gasteiger partial charge in [-0.15, -0.1) is 11.3 Å². The topological polar surface area (TPSA) is 74.7 Å². The van der Waals surface area contributed by atoms with Crippen LogP contribution in [0.25, 0.3) is 10.2 Å². The van der Waals surface area contributed by atoms with Crippen LogP contribution in [-0.4, -0.2) is 30.5 Å². The zero-order chi connectivity index (χ0) is 19.2. The van der Waals surface area contributed by atoms with Crippen molar-refractivity contribution in [3.63, 3.8) is 0 Å². The van der Waals surface area contributed by atoms with Gasteiger partial charge < -0.3 is 14.2 Å². The Bertz CT molecular complexity index is 933. The van der Waals surface area contributed by atoms with Gasteiger partial charge in [0.25, 0.3) is 0 Å². The van der Waals surface area contributed by atoms with E-state index in [-0.39, 0.29) is 25.6 Å². The first-order valence-electron chi connectivity index (χ1n) is 8.32. The first kappa shape index (κ1) is 19.0. The molecule has 2 aromatic carbocycles. The van der Waals surface area contributed by atoms with Crippen molar-refractivity contribution in [2.75, 3.05) is 13.7 Å². The molecule has 0 bridgehead atoms. The number of ketones is 1. The average molecular weight is 385 g/mol. The van der Waals surface area contributed by atoms with E-state index in [1.54, 1.807) is 18.2 Å². The second-order valence-corrected chi connectivity index (χ2v) is 6.93. The Kier molecular flexibility index (Phi) is 6.16. The number of esters is 1. The van der Waals surface area contributed by atoms with Gasteiger partial charge in [-0.05, 0) is 37.3 Å². The number of methoxy groups -OCH3 is 1. The van der Waals surface area contributed by atoms with Crippen LogP contribution in [-0.2, 0) is 27.5 Å². The summed E-state index contributed by atoms with van der Waals surface area (Å²) < 4.78 is 17.0. The van der Waals surface area contributed by atoms with E-state index in [1.807, 2.05) is 24.3 Å². The smallest absolute Gasteiger partial charge is 0.332 e. The quantitative estimate of drug-likeness (QED) is 0.434. The number of aromatic nitrogens is 1. The molecule has 27 heavy (non-hydrogen) atoms. The maximum absolute atomic E-state index is 11.9. The van der Waals surface area contributed by atoms with E-state index < -0.39 is 5.97 Å². The molecule has 0 saturated heterocycles. The van der Waals surface area contributed by atoms with Crippen molar-refractivity contribution in [3.05, 3.63) is 58.6 Å². The molecule has 3 rings (SSSR count). The summed E-state index contributed by atoms with van der Waals surface area (Å²) in [4.78, 5) is 27.9. The molecule has 0 fully saturated rings. The number of fused-ring (bicyclic) bond motifs is 1. The Balaban J connectivity index is 1.51. The Hall–Kier alpha value is -2.77. The number of hydrogen-bond acceptors (Lipinski definition) is 7. The molecule has 0 N–H and O–H groups in total. The highest BCUT2D eigenvalue weighted by Gasteiger charge is 2.11. The van der Waals surface area contributed by atoms with Crippen LogP contribution in [0.5, 0.6) is 5.75 Å². The molecular formula is C20H19NO5S. The second kappa shape index (κ2) is 8.75. The molecule has 0 atom stereocenters. The Morgan fingerprint density at radius 2 is 1.93 bits per heavy atom. The van der Waals surface area contributed by atoms with E-state index in [2.05, 4.69) is 4.98 Å². The first-order valence-corrected chi connectivity index (χ1v) is 9.14. The minimum absolute atomic E-state index is 0.00756. The van der Waals surface area contributed by atoms with Gasteiger partial charge >= 0.3 is 5.97 Å². The third-order valence-electron chi connectivity index (χ3n) is 3.86. The molecule has 0 aliphatic rings. The number of carbonyl (C=O) groups is 2. The standard InChI is InChI=1S/C20H19NO5S/c1-13(22)14-7-8-17(24-2)15(9-14)10-26-20(23)12-25-11-19-21-16-5-3-4-6-18(16)27-19/h3-9H,10-12H2,1-2H3. The molecular weight excluding hydrogens is 366 g/mol. The summed E-state index contributed by atoms with van der Waals surface area (Å²) in [7, 11) is 1.52. The van der Waals surface area contributed by atoms with Gasteiger partial charge in [-0.3, -0.25) is 4.79 Å². The normalized spacial score (nSPS) is 10.7. The first-order chi connectivity index (χ1) is 13.1. The molecule has 0 radical (unpaired) electrons. The summed E-state index contributed by atoms with van der Waals surface area (Å²) in [5.41, 5.74) is 2.08. The van der Waals surface area contributed by atoms with Crippen LogP contribution in [0.15, 0.2) is 42.5 Å². The van der Waals surface area contributed by atoms with E-state index in [0.29, 0.717) is 16.9 Å². The molecule has 6 nitrogen and oxygen atoms in total. The fourth-order valence-electron chi connectivity index (χ4n) is 2.51. The van der Waals surface area contributed by atoms with E-state index in [9.17, 15) is 9.59 Å². The van der Waals surface area contributed by atoms with Crippen molar-refractivity contribution in [1.29, 1.82) is 0 Å². The van der Waals surface area contributed by atoms with Crippen molar-refractivity contribution in [2.24, 2.45) is 0 Å². The minimum atomic E-state index is -0.494. The predicted molar refractivity (Wildman–Crippen MR) is 102 cm³/mol. The summed E-state index contributed by atoms with van der Waals surface area (Å²) in [5.74, 6) is -0.000941. The molecule has 7 heteroatoms. The summed E-state index contributed by atoms with van der Waals surface area (Å²) in [6, 6.07) is 12.8. The zero-order valence-corrected chi connectivity index (χ0v) is 15.9. The monoisotopic (exact) mass is 385 g/mol. The highest BCUT2D eigenvalue weighted by atomic mass is 32.1. The largest absolute Gasteiger partial charge is 0.496 e. The van der Waals surface area contributed by atoms with Crippen LogP contribution in [0, 0.1) is 0 Å². The van der Waals surface area contributed by atoms with Crippen LogP contribution < -0.4 is 4.74 Å². The van der Waals surface area contributed by atoms with Crippen molar-refractivity contribution in [1.82, 2.24) is 4.98 Å². The van der Waals surface area contributed by atoms with Crippen LogP contribution in [0.4, 0.5) is 0 Å². The number of para-hydroxylation sites is 1. The number of nitrogens with zero attached hydrogens (tertiary/aromatic N) is 1. The molecule has 3 aromatic rings. The number of ether oxygens (including phenoxy) is 3. The fraction of sp³-hybridized carbons (Fsp3) is 0.250. The van der Waals surface area contributed by atoms with Crippen LogP contribution in [0.3, 0.4) is 0 Å². The lowest BCUT2D eigenvalue weighted by Gasteiger charge is -2.10. The maximum Gasteiger partial charge on any atom is 0.332 e. The molecule has 0 spiro atoms. The average Bonchev–Trinajstić information content (AvgIpc) is 3.08. The van der Waals surface area contributed by atoms with Gasteiger partial charge in [0.05, 0.1) is 23.9 Å². The molecule has 0 unspecified atom stereocenters. The van der Waals surface area contributed by atoms with Crippen LogP contribution in [0.2, 0.25) is 0 Å². The molecule has 1 aromatic heterocycles. The van der Waals surface area contributed by atoms with Gasteiger partial charge in [-0.1, -0.05) is 12.1 Å². The van der Waals surface area contributed by atoms with Crippen LogP contribution >= 0.6 is 11.3 Å². The highest BCUT2D eigenvalue weighted by Crippen LogP contribution is 2.23. The fourth-order valence-corrected chi connectivity index (χ4v) is 3.42. The Morgan fingerprint density at radius 3 is 2.67 bits per heavy atom. The predicted octanol–water partition coefficient (Wildman–Crippen LogP) is 3.77. The third kappa shape index (κ3) is 4.90. The number of carbonyl (C=O) groups excluding carboxylic acids is 2. The number of benzene rings is 2. The van der Waals surface area contributed by atoms with Gasteiger partial charge in [0.2, 0.25) is 0 Å².